The van der Waals surface area contributed by atoms with Gasteiger partial charge in [-0.15, -0.1) is 0 Å². The van der Waals surface area contributed by atoms with Gasteiger partial charge in [-0.25, -0.2) is 9.97 Å². The standard InChI is InChI=1S/C6H7I2N3/c1-4-9-5(7-2)11-6(8-3)10-4/h2-3H2,1H3. The van der Waals surface area contributed by atoms with Crippen LogP contribution in [-0.2, 0) is 0 Å². The molecule has 5 heteroatoms. The molecule has 11 heavy (non-hydrogen) atoms. The van der Waals surface area contributed by atoms with Gasteiger partial charge in [0.2, 0.25) is 0 Å². The molecule has 0 N–H and O–H groups in total. The fourth-order valence-corrected chi connectivity index (χ4v) is 2.84. The molecule has 0 aromatic carbocycles. The average molecular weight is 375 g/mol. The molecule has 0 aliphatic rings. The molecule has 1 aromatic rings. The molecule has 0 saturated heterocycles. The highest BCUT2D eigenvalue weighted by molar-refractivity contribution is 14.2. The summed E-state index contributed by atoms with van der Waals surface area (Å²) >= 11 is -0.505. The van der Waals surface area contributed by atoms with Crippen molar-refractivity contribution in [3.8, 4) is 0 Å². The van der Waals surface area contributed by atoms with E-state index >= 15 is 0 Å². The van der Waals surface area contributed by atoms with Gasteiger partial charge in [0, 0.05) is 0 Å². The molecule has 1 rings (SSSR count). The lowest BCUT2D eigenvalue weighted by Gasteiger charge is -1.94. The molecule has 3 nitrogen and oxygen atoms in total. The van der Waals surface area contributed by atoms with Gasteiger partial charge in [0.05, 0.1) is 0 Å². The van der Waals surface area contributed by atoms with E-state index < -0.39 is 0 Å². The number of hydrogen-bond donors (Lipinski definition) is 0. The van der Waals surface area contributed by atoms with E-state index in [1.54, 1.807) is 0 Å². The number of halogens is 2. The van der Waals surface area contributed by atoms with E-state index in [9.17, 15) is 0 Å². The van der Waals surface area contributed by atoms with E-state index in [1.165, 1.54) is 0 Å². The van der Waals surface area contributed by atoms with Crippen LogP contribution in [0.3, 0.4) is 0 Å². The molecule has 0 fully saturated rings. The van der Waals surface area contributed by atoms with E-state index in [4.69, 9.17) is 0 Å². The molecule has 0 saturated carbocycles. The predicted molar refractivity (Wildman–Crippen MR) is 64.2 cm³/mol. The zero-order chi connectivity index (χ0) is 8.27. The van der Waals surface area contributed by atoms with Gasteiger partial charge in [0.25, 0.3) is 0 Å². The topological polar surface area (TPSA) is 38.7 Å². The normalized spacial score (nSPS) is 9.91. The first-order valence-corrected chi connectivity index (χ1v) is 7.96. The molecule has 1 aromatic heterocycles. The second-order valence-electron chi connectivity index (χ2n) is 1.69. The van der Waals surface area contributed by atoms with Gasteiger partial charge in [-0.1, -0.05) is 50.5 Å². The van der Waals surface area contributed by atoms with Crippen LogP contribution < -0.4 is 0 Å². The van der Waals surface area contributed by atoms with Crippen LogP contribution in [0.5, 0.6) is 0 Å². The molecular formula is C6H7I2N3. The van der Waals surface area contributed by atoms with E-state index in [0.717, 1.165) is 13.5 Å². The average Bonchev–Trinajstić information content (AvgIpc) is 2.03. The Kier molecular flexibility index (Phi) is 3.63. The summed E-state index contributed by atoms with van der Waals surface area (Å²) in [5, 5.41) is 0. The summed E-state index contributed by atoms with van der Waals surface area (Å²) in [6.07, 6.45) is 0. The minimum atomic E-state index is -0.253. The quantitative estimate of drug-likeness (QED) is 0.733. The Balaban J connectivity index is 3.21. The lowest BCUT2D eigenvalue weighted by Crippen LogP contribution is -1.98. The Morgan fingerprint density at radius 3 is 1.82 bits per heavy atom. The van der Waals surface area contributed by atoms with Gasteiger partial charge in [0.15, 0.2) is 7.66 Å². The number of aromatic nitrogens is 3. The fraction of sp³-hybridized carbons (Fsp3) is 0.167. The van der Waals surface area contributed by atoms with Crippen LogP contribution >= 0.6 is 41.5 Å². The summed E-state index contributed by atoms with van der Waals surface area (Å²) in [6, 6.07) is 0. The smallest absolute Gasteiger partial charge is 0.188 e. The Morgan fingerprint density at radius 2 is 1.45 bits per heavy atom. The van der Waals surface area contributed by atoms with Gasteiger partial charge >= 0.3 is 0 Å². The van der Waals surface area contributed by atoms with Crippen molar-refractivity contribution in [2.75, 3.05) is 0 Å². The van der Waals surface area contributed by atoms with Crippen molar-refractivity contribution in [2.45, 2.75) is 6.92 Å². The van der Waals surface area contributed by atoms with Crippen LogP contribution in [0.4, 0.5) is 0 Å². The van der Waals surface area contributed by atoms with Crippen molar-refractivity contribution in [1.82, 2.24) is 15.0 Å². The van der Waals surface area contributed by atoms with Crippen molar-refractivity contribution >= 4 is 50.5 Å². The number of nitrogens with zero attached hydrogens (tertiary/aromatic N) is 3. The molecule has 0 unspecified atom stereocenters. The fourth-order valence-electron chi connectivity index (χ4n) is 0.538. The second-order valence-corrected chi connectivity index (χ2v) is 5.14. The van der Waals surface area contributed by atoms with E-state index in [-0.39, 0.29) is 41.5 Å². The number of hydrogen-bond acceptors (Lipinski definition) is 3. The highest BCUT2D eigenvalue weighted by atomic mass is 127. The molecule has 0 atom stereocenters. The Labute approximate surface area is 85.2 Å². The Morgan fingerprint density at radius 1 is 1.00 bits per heavy atom. The molecular weight excluding hydrogens is 368 g/mol. The van der Waals surface area contributed by atoms with Crippen molar-refractivity contribution in [3.05, 3.63) is 13.5 Å². The largest absolute Gasteiger partial charge is 0.208 e. The molecule has 60 valence electrons. The summed E-state index contributed by atoms with van der Waals surface area (Å²) < 4.78 is 9.41. The third kappa shape index (κ3) is 2.62. The van der Waals surface area contributed by atoms with Crippen LogP contribution in [0.1, 0.15) is 5.82 Å². The minimum Gasteiger partial charge on any atom is -0.208 e. The molecule has 0 radical (unpaired) electrons. The number of aryl methyl sites for hydroxylation is 1. The van der Waals surface area contributed by atoms with Gasteiger partial charge in [-0.2, -0.15) is 4.98 Å². The summed E-state index contributed by atoms with van der Waals surface area (Å²) in [6.45, 7) is 1.88. The summed E-state index contributed by atoms with van der Waals surface area (Å²) in [5.41, 5.74) is 0. The van der Waals surface area contributed by atoms with Crippen molar-refractivity contribution in [1.29, 1.82) is 0 Å². The molecule has 0 aliphatic carbocycles. The van der Waals surface area contributed by atoms with Crippen molar-refractivity contribution < 1.29 is 0 Å². The molecule has 0 bridgehead atoms. The Hall–Kier alpha value is 0.210. The minimum absolute atomic E-state index is 0.253. The van der Waals surface area contributed by atoms with Gasteiger partial charge in [-0.05, 0) is 6.92 Å². The second kappa shape index (κ2) is 4.29. The summed E-state index contributed by atoms with van der Waals surface area (Å²) in [5.74, 6) is 0.803. The zero-order valence-corrected chi connectivity index (χ0v) is 10.3. The first kappa shape index (κ1) is 9.30. The summed E-state index contributed by atoms with van der Waals surface area (Å²) in [7, 11) is 0. The van der Waals surface area contributed by atoms with Crippen LogP contribution in [0.25, 0.3) is 0 Å². The van der Waals surface area contributed by atoms with Gasteiger partial charge in [0.1, 0.15) is 5.82 Å². The molecule has 0 spiro atoms. The van der Waals surface area contributed by atoms with Gasteiger partial charge in [-0.3, -0.25) is 0 Å². The maximum atomic E-state index is 4.22. The highest BCUT2D eigenvalue weighted by Crippen LogP contribution is 2.07. The lowest BCUT2D eigenvalue weighted by molar-refractivity contribution is 0.910. The van der Waals surface area contributed by atoms with Crippen molar-refractivity contribution in [2.24, 2.45) is 0 Å². The van der Waals surface area contributed by atoms with Crippen LogP contribution in [0.2, 0.25) is 0 Å². The monoisotopic (exact) mass is 375 g/mol. The van der Waals surface area contributed by atoms with E-state index in [2.05, 4.69) is 24.0 Å². The lowest BCUT2D eigenvalue weighted by atomic mass is 10.7. The van der Waals surface area contributed by atoms with Crippen LogP contribution in [0, 0.1) is 14.6 Å². The first-order chi connectivity index (χ1) is 5.26. The maximum absolute atomic E-state index is 4.22. The Bertz CT molecular complexity index is 272. The van der Waals surface area contributed by atoms with E-state index in [1.807, 2.05) is 6.92 Å². The molecule has 1 heterocycles. The van der Waals surface area contributed by atoms with E-state index in [0.29, 0.717) is 0 Å². The summed E-state index contributed by atoms with van der Waals surface area (Å²) in [4.78, 5) is 12.5. The third-order valence-electron chi connectivity index (χ3n) is 0.932. The van der Waals surface area contributed by atoms with Crippen LogP contribution in [-0.4, -0.2) is 24.0 Å². The number of rotatable bonds is 2. The van der Waals surface area contributed by atoms with Crippen molar-refractivity contribution in [3.63, 3.8) is 0 Å². The highest BCUT2D eigenvalue weighted by Gasteiger charge is 1.96. The molecule has 0 aliphatic heterocycles. The third-order valence-corrected chi connectivity index (χ3v) is 3.26. The SMILES string of the molecule is C=Ic1nc(C)nc(I=C)n1. The van der Waals surface area contributed by atoms with Gasteiger partial charge < -0.3 is 0 Å². The van der Waals surface area contributed by atoms with Crippen LogP contribution in [0.15, 0.2) is 0 Å². The maximum Gasteiger partial charge on any atom is 0.188 e. The zero-order valence-electron chi connectivity index (χ0n) is 6.01. The molecule has 0 amide bonds. The first-order valence-electron chi connectivity index (χ1n) is 2.75. The predicted octanol–water partition coefficient (Wildman–Crippen LogP) is 1.32.